The fraction of sp³-hybridized carbons (Fsp3) is 0.462. The van der Waals surface area contributed by atoms with Crippen molar-refractivity contribution >= 4 is 17.0 Å². The molecule has 0 aliphatic heterocycles. The second-order valence-corrected chi connectivity index (χ2v) is 5.17. The Kier molecular flexibility index (Phi) is 2.33. The van der Waals surface area contributed by atoms with Crippen LogP contribution in [0.3, 0.4) is 0 Å². The summed E-state index contributed by atoms with van der Waals surface area (Å²) in [5, 5.41) is 0. The van der Waals surface area contributed by atoms with Crippen molar-refractivity contribution in [2.45, 2.75) is 32.7 Å². The van der Waals surface area contributed by atoms with Crippen molar-refractivity contribution in [3.8, 4) is 0 Å². The van der Waals surface area contributed by atoms with Crippen LogP contribution in [0.1, 0.15) is 26.2 Å². The maximum Gasteiger partial charge on any atom is 0.201 e. The van der Waals surface area contributed by atoms with Crippen LogP contribution in [0.4, 0.5) is 14.7 Å². The Morgan fingerprint density at radius 3 is 2.72 bits per heavy atom. The molecule has 0 saturated heterocycles. The topological polar surface area (TPSA) is 43.8 Å². The van der Waals surface area contributed by atoms with E-state index in [9.17, 15) is 8.78 Å². The second kappa shape index (κ2) is 3.67. The monoisotopic (exact) mass is 251 g/mol. The zero-order valence-electron chi connectivity index (χ0n) is 10.2. The Labute approximate surface area is 104 Å². The van der Waals surface area contributed by atoms with E-state index >= 15 is 0 Å². The first-order valence-electron chi connectivity index (χ1n) is 6.15. The summed E-state index contributed by atoms with van der Waals surface area (Å²) in [6.45, 7) is 2.82. The molecule has 5 heteroatoms. The molecule has 96 valence electrons. The molecule has 0 unspecified atom stereocenters. The number of hydrogen-bond donors (Lipinski definition) is 1. The van der Waals surface area contributed by atoms with Gasteiger partial charge in [0.15, 0.2) is 5.82 Å². The number of nitrogens with zero attached hydrogens (tertiary/aromatic N) is 2. The summed E-state index contributed by atoms with van der Waals surface area (Å²) in [7, 11) is 0. The van der Waals surface area contributed by atoms with Gasteiger partial charge in [0.05, 0.1) is 5.52 Å². The lowest BCUT2D eigenvalue weighted by atomic mass is 10.0. The van der Waals surface area contributed by atoms with Crippen LogP contribution >= 0.6 is 0 Å². The predicted octanol–water partition coefficient (Wildman–Crippen LogP) is 3.09. The molecule has 2 aromatic rings. The highest BCUT2D eigenvalue weighted by molar-refractivity contribution is 5.79. The Morgan fingerprint density at radius 1 is 1.39 bits per heavy atom. The van der Waals surface area contributed by atoms with Crippen LogP contribution in [0.2, 0.25) is 0 Å². The van der Waals surface area contributed by atoms with Gasteiger partial charge in [-0.1, -0.05) is 6.92 Å². The summed E-state index contributed by atoms with van der Waals surface area (Å²) in [6, 6.07) is 2.14. The van der Waals surface area contributed by atoms with Crippen LogP contribution in [0.15, 0.2) is 12.1 Å². The number of imidazole rings is 1. The van der Waals surface area contributed by atoms with Gasteiger partial charge in [0.1, 0.15) is 11.3 Å². The van der Waals surface area contributed by atoms with E-state index in [0.29, 0.717) is 12.1 Å². The molecule has 1 heterocycles. The number of nitrogen functional groups attached to an aromatic ring is 1. The molecule has 1 fully saturated rings. The standard InChI is InChI=1S/C13H15F2N3/c1-2-13(3-4-13)7-18-10-6-8(14)5-9(15)11(10)17-12(18)16/h5-6H,2-4,7H2,1H3,(H2,16,17). The molecule has 3 nitrogen and oxygen atoms in total. The number of aromatic nitrogens is 2. The lowest BCUT2D eigenvalue weighted by Crippen LogP contribution is -2.13. The molecule has 1 aromatic heterocycles. The molecular formula is C13H15F2N3. The van der Waals surface area contributed by atoms with E-state index in [1.165, 1.54) is 6.07 Å². The van der Waals surface area contributed by atoms with Crippen molar-refractivity contribution in [2.75, 3.05) is 5.73 Å². The van der Waals surface area contributed by atoms with Crippen LogP contribution in [-0.2, 0) is 6.54 Å². The molecule has 1 aromatic carbocycles. The van der Waals surface area contributed by atoms with Crippen LogP contribution in [0.25, 0.3) is 11.0 Å². The average Bonchev–Trinajstić information content (AvgIpc) is 3.03. The SMILES string of the molecule is CCC1(Cn2c(N)nc3c(F)cc(F)cc32)CC1. The van der Waals surface area contributed by atoms with Gasteiger partial charge in [-0.05, 0) is 24.7 Å². The Morgan fingerprint density at radius 2 is 2.11 bits per heavy atom. The van der Waals surface area contributed by atoms with Crippen LogP contribution in [-0.4, -0.2) is 9.55 Å². The molecule has 0 spiro atoms. The third kappa shape index (κ3) is 1.65. The smallest absolute Gasteiger partial charge is 0.201 e. The van der Waals surface area contributed by atoms with E-state index in [1.54, 1.807) is 4.57 Å². The molecule has 1 saturated carbocycles. The zero-order valence-corrected chi connectivity index (χ0v) is 10.2. The van der Waals surface area contributed by atoms with Crippen molar-refractivity contribution in [1.29, 1.82) is 0 Å². The highest BCUT2D eigenvalue weighted by Crippen LogP contribution is 2.50. The summed E-state index contributed by atoms with van der Waals surface area (Å²) < 4.78 is 28.6. The minimum absolute atomic E-state index is 0.154. The Bertz CT molecular complexity index is 614. The highest BCUT2D eigenvalue weighted by Gasteiger charge is 2.41. The number of rotatable bonds is 3. The second-order valence-electron chi connectivity index (χ2n) is 5.17. The molecule has 3 rings (SSSR count). The minimum atomic E-state index is -0.656. The van der Waals surface area contributed by atoms with E-state index in [2.05, 4.69) is 11.9 Å². The minimum Gasteiger partial charge on any atom is -0.369 e. The number of anilines is 1. The van der Waals surface area contributed by atoms with Crippen molar-refractivity contribution < 1.29 is 8.78 Å². The molecule has 0 atom stereocenters. The lowest BCUT2D eigenvalue weighted by molar-refractivity contribution is 0.418. The number of nitrogens with two attached hydrogens (primary N) is 1. The summed E-state index contributed by atoms with van der Waals surface area (Å²) in [6.07, 6.45) is 3.32. The largest absolute Gasteiger partial charge is 0.369 e. The predicted molar refractivity (Wildman–Crippen MR) is 66.0 cm³/mol. The van der Waals surface area contributed by atoms with Crippen molar-refractivity contribution in [3.05, 3.63) is 23.8 Å². The zero-order chi connectivity index (χ0) is 12.9. The van der Waals surface area contributed by atoms with Crippen LogP contribution in [0.5, 0.6) is 0 Å². The van der Waals surface area contributed by atoms with E-state index in [-0.39, 0.29) is 16.9 Å². The van der Waals surface area contributed by atoms with E-state index in [4.69, 9.17) is 5.73 Å². The van der Waals surface area contributed by atoms with Crippen LogP contribution in [0, 0.1) is 17.0 Å². The Hall–Kier alpha value is -1.65. The van der Waals surface area contributed by atoms with Gasteiger partial charge in [-0.3, -0.25) is 0 Å². The highest BCUT2D eigenvalue weighted by atomic mass is 19.1. The van der Waals surface area contributed by atoms with E-state index < -0.39 is 11.6 Å². The molecule has 2 N–H and O–H groups in total. The van der Waals surface area contributed by atoms with Gasteiger partial charge in [-0.15, -0.1) is 0 Å². The van der Waals surface area contributed by atoms with Gasteiger partial charge in [-0.25, -0.2) is 13.8 Å². The first-order chi connectivity index (χ1) is 8.54. The van der Waals surface area contributed by atoms with Crippen molar-refractivity contribution in [1.82, 2.24) is 9.55 Å². The van der Waals surface area contributed by atoms with Gasteiger partial charge in [-0.2, -0.15) is 0 Å². The molecule has 0 bridgehead atoms. The maximum atomic E-state index is 13.6. The fourth-order valence-electron chi connectivity index (χ4n) is 2.47. The van der Waals surface area contributed by atoms with Gasteiger partial charge < -0.3 is 10.3 Å². The molecule has 1 aliphatic carbocycles. The van der Waals surface area contributed by atoms with Gasteiger partial charge in [0, 0.05) is 18.7 Å². The maximum absolute atomic E-state index is 13.6. The molecule has 1 aliphatic rings. The average molecular weight is 251 g/mol. The van der Waals surface area contributed by atoms with Crippen molar-refractivity contribution in [3.63, 3.8) is 0 Å². The fourth-order valence-corrected chi connectivity index (χ4v) is 2.47. The summed E-state index contributed by atoms with van der Waals surface area (Å²) >= 11 is 0. The summed E-state index contributed by atoms with van der Waals surface area (Å²) in [5.41, 5.74) is 6.67. The van der Waals surface area contributed by atoms with Gasteiger partial charge in [0.25, 0.3) is 0 Å². The first-order valence-corrected chi connectivity index (χ1v) is 6.15. The van der Waals surface area contributed by atoms with E-state index in [1.807, 2.05) is 0 Å². The normalized spacial score (nSPS) is 17.3. The van der Waals surface area contributed by atoms with Gasteiger partial charge >= 0.3 is 0 Å². The lowest BCUT2D eigenvalue weighted by Gasteiger charge is -2.15. The van der Waals surface area contributed by atoms with E-state index in [0.717, 1.165) is 25.3 Å². The molecule has 0 radical (unpaired) electrons. The molecule has 0 amide bonds. The third-order valence-electron chi connectivity index (χ3n) is 4.00. The third-order valence-corrected chi connectivity index (χ3v) is 4.00. The van der Waals surface area contributed by atoms with Crippen LogP contribution < -0.4 is 5.73 Å². The Balaban J connectivity index is 2.13. The first kappa shape index (κ1) is 11.4. The number of halogens is 2. The van der Waals surface area contributed by atoms with Crippen molar-refractivity contribution in [2.24, 2.45) is 5.41 Å². The molecule has 18 heavy (non-hydrogen) atoms. The quantitative estimate of drug-likeness (QED) is 0.911. The van der Waals surface area contributed by atoms with Gasteiger partial charge in [0.2, 0.25) is 5.95 Å². The number of benzene rings is 1. The molecular weight excluding hydrogens is 236 g/mol. The number of hydrogen-bond acceptors (Lipinski definition) is 2. The number of fused-ring (bicyclic) bond motifs is 1. The summed E-state index contributed by atoms with van der Waals surface area (Å²) in [4.78, 5) is 4.00. The summed E-state index contributed by atoms with van der Waals surface area (Å²) in [5.74, 6) is -0.992.